The summed E-state index contributed by atoms with van der Waals surface area (Å²) < 4.78 is 10.6. The van der Waals surface area contributed by atoms with Crippen LogP contribution in [0.25, 0.3) is 5.57 Å². The molecule has 25 heavy (non-hydrogen) atoms. The molecule has 0 N–H and O–H groups in total. The number of amides is 1. The monoisotopic (exact) mass is 337 g/mol. The third kappa shape index (κ3) is 3.71. The van der Waals surface area contributed by atoms with Gasteiger partial charge in [-0.1, -0.05) is 36.4 Å². The van der Waals surface area contributed by atoms with Gasteiger partial charge in [0.2, 0.25) is 0 Å². The minimum absolute atomic E-state index is 0.217. The average Bonchev–Trinajstić information content (AvgIpc) is 2.89. The van der Waals surface area contributed by atoms with E-state index in [1.807, 2.05) is 54.6 Å². The predicted molar refractivity (Wildman–Crippen MR) is 95.3 cm³/mol. The fraction of sp³-hybridized carbons (Fsp3) is 0.200. The molecule has 0 atom stereocenters. The summed E-state index contributed by atoms with van der Waals surface area (Å²) in [6.07, 6.45) is 1.27. The summed E-state index contributed by atoms with van der Waals surface area (Å²) >= 11 is 0. The standard InChI is InChI=1S/C20H19NO4/c1-2-24-19(22)14-17-16-10-6-7-11-18(16)21(20(17)23)12-13-25-15-8-4-3-5-9-15/h3-11,14H,2,12-13H2,1H3/b17-14+. The van der Waals surface area contributed by atoms with Crippen LogP contribution in [0, 0.1) is 0 Å². The van der Waals surface area contributed by atoms with Gasteiger partial charge in [0.1, 0.15) is 12.4 Å². The van der Waals surface area contributed by atoms with Crippen molar-refractivity contribution >= 4 is 23.1 Å². The Balaban J connectivity index is 1.76. The summed E-state index contributed by atoms with van der Waals surface area (Å²) in [7, 11) is 0. The molecule has 5 nitrogen and oxygen atoms in total. The Labute approximate surface area is 146 Å². The number of para-hydroxylation sites is 2. The lowest BCUT2D eigenvalue weighted by atomic mass is 10.1. The van der Waals surface area contributed by atoms with Crippen LogP contribution in [-0.2, 0) is 14.3 Å². The fourth-order valence-corrected chi connectivity index (χ4v) is 2.74. The highest BCUT2D eigenvalue weighted by molar-refractivity contribution is 6.34. The number of carbonyl (C=O) groups is 2. The number of fused-ring (bicyclic) bond motifs is 1. The van der Waals surface area contributed by atoms with Gasteiger partial charge in [0.25, 0.3) is 5.91 Å². The topological polar surface area (TPSA) is 55.8 Å². The Kier molecular flexibility index (Phi) is 5.14. The average molecular weight is 337 g/mol. The van der Waals surface area contributed by atoms with E-state index < -0.39 is 5.97 Å². The first-order valence-corrected chi connectivity index (χ1v) is 8.18. The summed E-state index contributed by atoms with van der Waals surface area (Å²) in [5, 5.41) is 0. The largest absolute Gasteiger partial charge is 0.492 e. The quantitative estimate of drug-likeness (QED) is 0.600. The third-order valence-corrected chi connectivity index (χ3v) is 3.84. The molecule has 1 aliphatic heterocycles. The normalized spacial score (nSPS) is 14.5. The second-order valence-corrected chi connectivity index (χ2v) is 5.45. The number of ether oxygens (including phenoxy) is 2. The summed E-state index contributed by atoms with van der Waals surface area (Å²) in [4.78, 5) is 26.1. The van der Waals surface area contributed by atoms with Gasteiger partial charge in [0, 0.05) is 11.6 Å². The molecule has 3 rings (SSSR count). The van der Waals surface area contributed by atoms with E-state index in [0.717, 1.165) is 17.0 Å². The van der Waals surface area contributed by atoms with Crippen molar-refractivity contribution < 1.29 is 19.1 Å². The van der Waals surface area contributed by atoms with Gasteiger partial charge in [-0.3, -0.25) is 4.79 Å². The first-order chi connectivity index (χ1) is 12.2. The summed E-state index contributed by atoms with van der Waals surface area (Å²) in [6.45, 7) is 2.75. The zero-order valence-electron chi connectivity index (χ0n) is 14.0. The maximum Gasteiger partial charge on any atom is 0.331 e. The van der Waals surface area contributed by atoms with E-state index in [-0.39, 0.29) is 12.5 Å². The van der Waals surface area contributed by atoms with Gasteiger partial charge in [-0.05, 0) is 25.1 Å². The number of rotatable bonds is 6. The van der Waals surface area contributed by atoms with Crippen molar-refractivity contribution in [3.05, 3.63) is 66.2 Å². The number of carbonyl (C=O) groups excluding carboxylic acids is 2. The maximum atomic E-state index is 12.7. The Morgan fingerprint density at radius 3 is 2.56 bits per heavy atom. The third-order valence-electron chi connectivity index (χ3n) is 3.84. The number of anilines is 1. The molecule has 0 saturated heterocycles. The fourth-order valence-electron chi connectivity index (χ4n) is 2.74. The maximum absolute atomic E-state index is 12.7. The zero-order chi connectivity index (χ0) is 17.6. The van der Waals surface area contributed by atoms with Crippen molar-refractivity contribution in [1.82, 2.24) is 0 Å². The molecule has 5 heteroatoms. The predicted octanol–water partition coefficient (Wildman–Crippen LogP) is 3.06. The van der Waals surface area contributed by atoms with Gasteiger partial charge in [0.05, 0.1) is 24.4 Å². The number of hydrogen-bond donors (Lipinski definition) is 0. The summed E-state index contributed by atoms with van der Waals surface area (Å²) in [6, 6.07) is 16.8. The molecule has 1 heterocycles. The van der Waals surface area contributed by atoms with E-state index in [2.05, 4.69) is 0 Å². The number of esters is 1. The van der Waals surface area contributed by atoms with Gasteiger partial charge in [-0.25, -0.2) is 4.79 Å². The molecule has 1 amide bonds. The minimum Gasteiger partial charge on any atom is -0.492 e. The lowest BCUT2D eigenvalue weighted by molar-refractivity contribution is -0.137. The van der Waals surface area contributed by atoms with Crippen LogP contribution in [0.4, 0.5) is 5.69 Å². The van der Waals surface area contributed by atoms with Crippen LogP contribution >= 0.6 is 0 Å². The highest BCUT2D eigenvalue weighted by atomic mass is 16.5. The lowest BCUT2D eigenvalue weighted by Gasteiger charge is -2.17. The van der Waals surface area contributed by atoms with Gasteiger partial charge >= 0.3 is 5.97 Å². The number of benzene rings is 2. The Hall–Kier alpha value is -3.08. The van der Waals surface area contributed by atoms with E-state index in [4.69, 9.17) is 9.47 Å². The molecule has 0 spiro atoms. The number of nitrogens with zero attached hydrogens (tertiary/aromatic N) is 1. The van der Waals surface area contributed by atoms with Gasteiger partial charge in [0.15, 0.2) is 0 Å². The van der Waals surface area contributed by atoms with Crippen LogP contribution in [0.5, 0.6) is 5.75 Å². The SMILES string of the molecule is CCOC(=O)/C=C1/C(=O)N(CCOc2ccccc2)c2ccccc21. The molecule has 0 saturated carbocycles. The molecular weight excluding hydrogens is 318 g/mol. The van der Waals surface area contributed by atoms with Crippen molar-refractivity contribution in [1.29, 1.82) is 0 Å². The van der Waals surface area contributed by atoms with E-state index in [1.165, 1.54) is 6.08 Å². The Morgan fingerprint density at radius 1 is 1.08 bits per heavy atom. The minimum atomic E-state index is -0.511. The highest BCUT2D eigenvalue weighted by Gasteiger charge is 2.32. The van der Waals surface area contributed by atoms with Crippen LogP contribution in [0.3, 0.4) is 0 Å². The van der Waals surface area contributed by atoms with E-state index in [1.54, 1.807) is 11.8 Å². The first-order valence-electron chi connectivity index (χ1n) is 8.18. The van der Waals surface area contributed by atoms with Crippen LogP contribution in [-0.4, -0.2) is 31.6 Å². The van der Waals surface area contributed by atoms with Crippen LogP contribution in [0.15, 0.2) is 60.7 Å². The van der Waals surface area contributed by atoms with E-state index >= 15 is 0 Å². The molecule has 1 aliphatic rings. The lowest BCUT2D eigenvalue weighted by Crippen LogP contribution is -2.31. The van der Waals surface area contributed by atoms with Gasteiger partial charge in [-0.15, -0.1) is 0 Å². The molecule has 0 fully saturated rings. The molecular formula is C20H19NO4. The summed E-state index contributed by atoms with van der Waals surface area (Å²) in [5.74, 6) is 0.0265. The Bertz CT molecular complexity index is 798. The molecule has 2 aromatic carbocycles. The van der Waals surface area contributed by atoms with Crippen molar-refractivity contribution in [2.75, 3.05) is 24.7 Å². The second kappa shape index (κ2) is 7.66. The van der Waals surface area contributed by atoms with Crippen molar-refractivity contribution in [2.45, 2.75) is 6.92 Å². The summed E-state index contributed by atoms with van der Waals surface area (Å²) in [5.41, 5.74) is 1.87. The molecule has 0 radical (unpaired) electrons. The van der Waals surface area contributed by atoms with Gasteiger partial charge in [-0.2, -0.15) is 0 Å². The van der Waals surface area contributed by atoms with Gasteiger partial charge < -0.3 is 14.4 Å². The van der Waals surface area contributed by atoms with Crippen LogP contribution in [0.2, 0.25) is 0 Å². The smallest absolute Gasteiger partial charge is 0.331 e. The van der Waals surface area contributed by atoms with Crippen LogP contribution < -0.4 is 9.64 Å². The highest BCUT2D eigenvalue weighted by Crippen LogP contribution is 2.36. The van der Waals surface area contributed by atoms with E-state index in [9.17, 15) is 9.59 Å². The zero-order valence-corrected chi connectivity index (χ0v) is 14.0. The number of hydrogen-bond acceptors (Lipinski definition) is 4. The molecule has 128 valence electrons. The molecule has 0 aliphatic carbocycles. The van der Waals surface area contributed by atoms with Crippen molar-refractivity contribution in [3.8, 4) is 5.75 Å². The molecule has 0 bridgehead atoms. The Morgan fingerprint density at radius 2 is 1.80 bits per heavy atom. The first kappa shape index (κ1) is 16.8. The van der Waals surface area contributed by atoms with Crippen molar-refractivity contribution in [2.24, 2.45) is 0 Å². The molecule has 0 aromatic heterocycles. The molecule has 2 aromatic rings. The van der Waals surface area contributed by atoms with Crippen molar-refractivity contribution in [3.63, 3.8) is 0 Å². The van der Waals surface area contributed by atoms with Crippen LogP contribution in [0.1, 0.15) is 12.5 Å². The van der Waals surface area contributed by atoms with E-state index in [0.29, 0.717) is 18.7 Å². The second-order valence-electron chi connectivity index (χ2n) is 5.45. The molecule has 0 unspecified atom stereocenters.